The van der Waals surface area contributed by atoms with Gasteiger partial charge in [0.05, 0.1) is 0 Å². The van der Waals surface area contributed by atoms with Crippen molar-refractivity contribution in [2.45, 2.75) is 64.3 Å². The van der Waals surface area contributed by atoms with Crippen molar-refractivity contribution in [1.29, 1.82) is 0 Å². The van der Waals surface area contributed by atoms with Crippen LogP contribution in [0.1, 0.15) is 56.7 Å². The molecule has 0 heterocycles. The van der Waals surface area contributed by atoms with Gasteiger partial charge >= 0.3 is 0 Å². The third kappa shape index (κ3) is 3.81. The van der Waals surface area contributed by atoms with E-state index >= 15 is 0 Å². The molecule has 2 heteroatoms. The van der Waals surface area contributed by atoms with Crippen molar-refractivity contribution >= 4 is 0 Å². The third-order valence-electron chi connectivity index (χ3n) is 6.26. The van der Waals surface area contributed by atoms with Gasteiger partial charge in [-0.15, -0.1) is 0 Å². The van der Waals surface area contributed by atoms with E-state index in [1.807, 2.05) is 12.1 Å². The Kier molecular flexibility index (Phi) is 6.03. The summed E-state index contributed by atoms with van der Waals surface area (Å²) in [5.74, 6) is 1.03. The van der Waals surface area contributed by atoms with Crippen LogP contribution in [0.25, 0.3) is 0 Å². The molecular formula is C24H33NO. The van der Waals surface area contributed by atoms with Crippen LogP contribution in [-0.4, -0.2) is 17.7 Å². The molecule has 3 rings (SSSR count). The molecule has 0 amide bonds. The largest absolute Gasteiger partial charge is 0.508 e. The van der Waals surface area contributed by atoms with Crippen LogP contribution in [0.5, 0.6) is 5.75 Å². The molecule has 0 aliphatic heterocycles. The summed E-state index contributed by atoms with van der Waals surface area (Å²) in [6.07, 6.45) is 5.64. The average Bonchev–Trinajstić information content (AvgIpc) is 2.65. The summed E-state index contributed by atoms with van der Waals surface area (Å²) in [4.78, 5) is 0. The first-order valence-electron chi connectivity index (χ1n) is 10.2. The maximum atomic E-state index is 10.1. The molecule has 0 unspecified atom stereocenters. The van der Waals surface area contributed by atoms with Crippen LogP contribution in [-0.2, 0) is 18.3 Å². The highest BCUT2D eigenvalue weighted by Gasteiger charge is 2.44. The monoisotopic (exact) mass is 351 g/mol. The van der Waals surface area contributed by atoms with E-state index in [-0.39, 0.29) is 5.41 Å². The first-order chi connectivity index (χ1) is 12.6. The van der Waals surface area contributed by atoms with E-state index in [1.165, 1.54) is 23.1 Å². The zero-order valence-electron chi connectivity index (χ0n) is 16.5. The standard InChI is InChI=1S/C24H33NO/c1-4-14-24(3)22-17-21(26)12-11-20(22)16-19(5-2)23(24)25-15-13-18-9-7-6-8-10-18/h6-12,17,19,23,25-26H,4-5,13-16H2,1-3H3/t19-,23-,24+/m0/s1. The fourth-order valence-electron chi connectivity index (χ4n) is 4.96. The van der Waals surface area contributed by atoms with Gasteiger partial charge in [0.15, 0.2) is 0 Å². The average molecular weight is 352 g/mol. The summed E-state index contributed by atoms with van der Waals surface area (Å²) in [5.41, 5.74) is 4.23. The molecule has 1 aliphatic carbocycles. The number of hydrogen-bond donors (Lipinski definition) is 2. The lowest BCUT2D eigenvalue weighted by Crippen LogP contribution is -2.55. The van der Waals surface area contributed by atoms with Gasteiger partial charge in [-0.3, -0.25) is 0 Å². The van der Waals surface area contributed by atoms with Gasteiger partial charge < -0.3 is 10.4 Å². The number of hydrogen-bond acceptors (Lipinski definition) is 2. The number of phenols is 1. The summed E-state index contributed by atoms with van der Waals surface area (Å²) >= 11 is 0. The van der Waals surface area contributed by atoms with Crippen LogP contribution in [0, 0.1) is 5.92 Å². The maximum absolute atomic E-state index is 10.1. The van der Waals surface area contributed by atoms with Crippen LogP contribution in [0.2, 0.25) is 0 Å². The molecule has 3 atom stereocenters. The molecular weight excluding hydrogens is 318 g/mol. The Morgan fingerprint density at radius 1 is 1.12 bits per heavy atom. The second-order valence-corrected chi connectivity index (χ2v) is 8.05. The number of fused-ring (bicyclic) bond motifs is 1. The Labute approximate surface area is 158 Å². The van der Waals surface area contributed by atoms with Crippen LogP contribution < -0.4 is 5.32 Å². The van der Waals surface area contributed by atoms with E-state index in [2.05, 4.69) is 62.5 Å². The molecule has 0 aromatic heterocycles. The normalized spacial score (nSPS) is 25.0. The van der Waals surface area contributed by atoms with Crippen LogP contribution in [0.4, 0.5) is 0 Å². The van der Waals surface area contributed by atoms with E-state index in [1.54, 1.807) is 0 Å². The summed E-state index contributed by atoms with van der Waals surface area (Å²) in [5, 5.41) is 14.0. The highest BCUT2D eigenvalue weighted by atomic mass is 16.3. The van der Waals surface area contributed by atoms with E-state index in [9.17, 15) is 5.11 Å². The second kappa shape index (κ2) is 8.26. The highest BCUT2D eigenvalue weighted by molar-refractivity contribution is 5.44. The molecule has 2 aromatic carbocycles. The predicted molar refractivity (Wildman–Crippen MR) is 110 cm³/mol. The fourth-order valence-corrected chi connectivity index (χ4v) is 4.96. The minimum Gasteiger partial charge on any atom is -0.508 e. The predicted octanol–water partition coefficient (Wildman–Crippen LogP) is 5.23. The number of aromatic hydroxyl groups is 1. The fraction of sp³-hybridized carbons (Fsp3) is 0.500. The molecule has 140 valence electrons. The Balaban J connectivity index is 1.85. The second-order valence-electron chi connectivity index (χ2n) is 8.05. The van der Waals surface area contributed by atoms with Gasteiger partial charge in [-0.1, -0.05) is 70.0 Å². The molecule has 26 heavy (non-hydrogen) atoms. The number of phenolic OH excluding ortho intramolecular Hbond substituents is 1. The van der Waals surface area contributed by atoms with Crippen LogP contribution in [0.15, 0.2) is 48.5 Å². The lowest BCUT2D eigenvalue weighted by Gasteiger charge is -2.48. The van der Waals surface area contributed by atoms with Crippen LogP contribution >= 0.6 is 0 Å². The van der Waals surface area contributed by atoms with Crippen molar-refractivity contribution < 1.29 is 5.11 Å². The van der Waals surface area contributed by atoms with E-state index in [0.717, 1.165) is 32.2 Å². The summed E-state index contributed by atoms with van der Waals surface area (Å²) in [6, 6.07) is 17.2. The molecule has 0 bridgehead atoms. The molecule has 0 fully saturated rings. The van der Waals surface area contributed by atoms with Crippen molar-refractivity contribution in [3.8, 4) is 5.75 Å². The van der Waals surface area contributed by atoms with E-state index < -0.39 is 0 Å². The quantitative estimate of drug-likeness (QED) is 0.715. The Hall–Kier alpha value is -1.80. The van der Waals surface area contributed by atoms with Crippen molar-refractivity contribution in [3.63, 3.8) is 0 Å². The third-order valence-corrected chi connectivity index (χ3v) is 6.26. The molecule has 1 aliphatic rings. The molecule has 0 saturated heterocycles. The molecule has 2 N–H and O–H groups in total. The summed E-state index contributed by atoms with van der Waals surface area (Å²) < 4.78 is 0. The van der Waals surface area contributed by atoms with Gasteiger partial charge in [-0.2, -0.15) is 0 Å². The Morgan fingerprint density at radius 3 is 2.58 bits per heavy atom. The maximum Gasteiger partial charge on any atom is 0.115 e. The summed E-state index contributed by atoms with van der Waals surface area (Å²) in [6.45, 7) is 7.98. The first-order valence-corrected chi connectivity index (χ1v) is 10.2. The molecule has 0 spiro atoms. The zero-order chi connectivity index (χ0) is 18.6. The van der Waals surface area contributed by atoms with Gasteiger partial charge in [0.1, 0.15) is 5.75 Å². The number of nitrogens with one attached hydrogen (secondary N) is 1. The minimum atomic E-state index is 0.0679. The van der Waals surface area contributed by atoms with Crippen molar-refractivity contribution in [3.05, 3.63) is 65.2 Å². The molecule has 0 saturated carbocycles. The lowest BCUT2D eigenvalue weighted by molar-refractivity contribution is 0.190. The number of rotatable bonds is 7. The first kappa shape index (κ1) is 19.0. The minimum absolute atomic E-state index is 0.0679. The van der Waals surface area contributed by atoms with Crippen molar-refractivity contribution in [2.75, 3.05) is 6.54 Å². The van der Waals surface area contributed by atoms with Crippen molar-refractivity contribution in [1.82, 2.24) is 5.32 Å². The summed E-state index contributed by atoms with van der Waals surface area (Å²) in [7, 11) is 0. The van der Waals surface area contributed by atoms with Gasteiger partial charge in [-0.25, -0.2) is 0 Å². The Morgan fingerprint density at radius 2 is 1.88 bits per heavy atom. The van der Waals surface area contributed by atoms with Gasteiger partial charge in [0.2, 0.25) is 0 Å². The van der Waals surface area contributed by atoms with Gasteiger partial charge in [0.25, 0.3) is 0 Å². The van der Waals surface area contributed by atoms with Crippen molar-refractivity contribution in [2.24, 2.45) is 5.92 Å². The Bertz CT molecular complexity index is 711. The SMILES string of the molecule is CCC[C@]1(C)c2cc(O)ccc2C[C@H](CC)[C@@H]1NCCc1ccccc1. The highest BCUT2D eigenvalue weighted by Crippen LogP contribution is 2.45. The molecule has 2 aromatic rings. The van der Waals surface area contributed by atoms with Crippen LogP contribution in [0.3, 0.4) is 0 Å². The molecule has 0 radical (unpaired) electrons. The topological polar surface area (TPSA) is 32.3 Å². The zero-order valence-corrected chi connectivity index (χ0v) is 16.5. The lowest BCUT2D eigenvalue weighted by atomic mass is 9.61. The molecule has 2 nitrogen and oxygen atoms in total. The van der Waals surface area contributed by atoms with E-state index in [0.29, 0.717) is 17.7 Å². The van der Waals surface area contributed by atoms with E-state index in [4.69, 9.17) is 0 Å². The number of benzene rings is 2. The van der Waals surface area contributed by atoms with Gasteiger partial charge in [0, 0.05) is 11.5 Å². The van der Waals surface area contributed by atoms with Gasteiger partial charge in [-0.05, 0) is 60.5 Å². The smallest absolute Gasteiger partial charge is 0.115 e.